The predicted octanol–water partition coefficient (Wildman–Crippen LogP) is 4.16. The summed E-state index contributed by atoms with van der Waals surface area (Å²) in [7, 11) is -3.76. The molecule has 0 saturated heterocycles. The van der Waals surface area contributed by atoms with Crippen LogP contribution in [0, 0.1) is 13.8 Å². The van der Waals surface area contributed by atoms with Crippen LogP contribution in [0.15, 0.2) is 46.9 Å². The van der Waals surface area contributed by atoms with Crippen molar-refractivity contribution in [3.05, 3.63) is 63.6 Å². The first-order chi connectivity index (χ1) is 15.6. The molecule has 7 nitrogen and oxygen atoms in total. The van der Waals surface area contributed by atoms with E-state index in [1.54, 1.807) is 25.1 Å². The Hall–Kier alpha value is -2.39. The first-order valence-electron chi connectivity index (χ1n) is 11.0. The van der Waals surface area contributed by atoms with Gasteiger partial charge in [0.2, 0.25) is 21.8 Å². The highest BCUT2D eigenvalue weighted by Crippen LogP contribution is 2.25. The van der Waals surface area contributed by atoms with E-state index in [1.807, 2.05) is 58.9 Å². The summed E-state index contributed by atoms with van der Waals surface area (Å²) in [6.45, 7) is 10.8. The van der Waals surface area contributed by atoms with Crippen LogP contribution in [0.2, 0.25) is 0 Å². The molecule has 0 aromatic heterocycles. The number of aryl methyl sites for hydroxylation is 2. The van der Waals surface area contributed by atoms with Gasteiger partial charge in [0.1, 0.15) is 12.6 Å². The lowest BCUT2D eigenvalue weighted by atomic mass is 10.1. The van der Waals surface area contributed by atoms with E-state index in [-0.39, 0.29) is 12.5 Å². The minimum atomic E-state index is -3.76. The fourth-order valence-electron chi connectivity index (χ4n) is 3.43. The summed E-state index contributed by atoms with van der Waals surface area (Å²) in [6, 6.07) is 11.9. The second-order valence-electron chi connectivity index (χ2n) is 9.57. The van der Waals surface area contributed by atoms with E-state index in [0.29, 0.717) is 5.69 Å². The Bertz CT molecular complexity index is 1160. The molecule has 0 fully saturated rings. The molecule has 0 aliphatic carbocycles. The highest BCUT2D eigenvalue weighted by Gasteiger charge is 2.31. The molecule has 0 bridgehead atoms. The van der Waals surface area contributed by atoms with Gasteiger partial charge >= 0.3 is 0 Å². The van der Waals surface area contributed by atoms with Gasteiger partial charge in [0, 0.05) is 16.6 Å². The van der Waals surface area contributed by atoms with Gasteiger partial charge in [-0.1, -0.05) is 40.2 Å². The highest BCUT2D eigenvalue weighted by molar-refractivity contribution is 9.10. The fourth-order valence-corrected chi connectivity index (χ4v) is 4.51. The van der Waals surface area contributed by atoms with Crippen molar-refractivity contribution in [2.24, 2.45) is 0 Å². The number of anilines is 1. The van der Waals surface area contributed by atoms with Crippen LogP contribution < -0.4 is 9.62 Å². The van der Waals surface area contributed by atoms with E-state index in [4.69, 9.17) is 0 Å². The van der Waals surface area contributed by atoms with E-state index >= 15 is 0 Å². The molecule has 34 heavy (non-hydrogen) atoms. The van der Waals surface area contributed by atoms with Crippen LogP contribution in [-0.4, -0.2) is 49.5 Å². The number of benzene rings is 2. The van der Waals surface area contributed by atoms with Gasteiger partial charge in [-0.15, -0.1) is 0 Å². The lowest BCUT2D eigenvalue weighted by molar-refractivity contribution is -0.140. The molecule has 1 atom stereocenters. The van der Waals surface area contributed by atoms with E-state index in [0.717, 1.165) is 31.7 Å². The van der Waals surface area contributed by atoms with E-state index in [1.165, 1.54) is 4.90 Å². The van der Waals surface area contributed by atoms with Crippen LogP contribution in [0.25, 0.3) is 0 Å². The van der Waals surface area contributed by atoms with Crippen molar-refractivity contribution in [1.82, 2.24) is 10.2 Å². The van der Waals surface area contributed by atoms with Crippen molar-refractivity contribution in [2.75, 3.05) is 17.1 Å². The Morgan fingerprint density at radius 3 is 2.21 bits per heavy atom. The minimum absolute atomic E-state index is 0.182. The van der Waals surface area contributed by atoms with Crippen LogP contribution in [0.5, 0.6) is 0 Å². The summed E-state index contributed by atoms with van der Waals surface area (Å²) in [5.74, 6) is -0.773. The first kappa shape index (κ1) is 27.9. The maximum Gasteiger partial charge on any atom is 0.244 e. The molecular formula is C25H34BrN3O4S. The summed E-state index contributed by atoms with van der Waals surface area (Å²) in [5.41, 5.74) is 2.62. The van der Waals surface area contributed by atoms with Gasteiger partial charge < -0.3 is 10.2 Å². The molecule has 2 aromatic rings. The SMILES string of the molecule is Cc1cc(N(CC(=O)N(Cc2ccccc2C)C(C)C(=O)NC(C)(C)C)S(C)(=O)=O)ccc1Br. The molecule has 0 spiro atoms. The standard InChI is InChI=1S/C25H34BrN3O4S/c1-17-10-8-9-11-20(17)15-28(19(3)24(31)27-25(4,5)6)23(30)16-29(34(7,32)33)21-12-13-22(26)18(2)14-21/h8-14,19H,15-16H2,1-7H3,(H,27,31). The van der Waals surface area contributed by atoms with Gasteiger partial charge in [0.25, 0.3) is 0 Å². The molecular weight excluding hydrogens is 518 g/mol. The Morgan fingerprint density at radius 2 is 1.68 bits per heavy atom. The molecule has 1 unspecified atom stereocenters. The van der Waals surface area contributed by atoms with Crippen molar-refractivity contribution in [3.63, 3.8) is 0 Å². The van der Waals surface area contributed by atoms with Gasteiger partial charge in [-0.25, -0.2) is 8.42 Å². The normalized spacial score (nSPS) is 12.7. The van der Waals surface area contributed by atoms with Crippen LogP contribution in [0.1, 0.15) is 44.4 Å². The van der Waals surface area contributed by atoms with E-state index < -0.39 is 34.1 Å². The smallest absolute Gasteiger partial charge is 0.244 e. The number of sulfonamides is 1. The van der Waals surface area contributed by atoms with Gasteiger partial charge in [-0.2, -0.15) is 0 Å². The molecule has 9 heteroatoms. The van der Waals surface area contributed by atoms with Crippen molar-refractivity contribution >= 4 is 43.5 Å². The Morgan fingerprint density at radius 1 is 1.06 bits per heavy atom. The molecule has 2 aromatic carbocycles. The monoisotopic (exact) mass is 551 g/mol. The van der Waals surface area contributed by atoms with Crippen LogP contribution >= 0.6 is 15.9 Å². The highest BCUT2D eigenvalue weighted by atomic mass is 79.9. The predicted molar refractivity (Wildman–Crippen MR) is 140 cm³/mol. The maximum absolute atomic E-state index is 13.6. The number of rotatable bonds is 8. The molecule has 0 aliphatic heterocycles. The number of nitrogens with zero attached hydrogens (tertiary/aromatic N) is 2. The third-order valence-electron chi connectivity index (χ3n) is 5.38. The molecule has 0 saturated carbocycles. The van der Waals surface area contributed by atoms with E-state index in [9.17, 15) is 18.0 Å². The van der Waals surface area contributed by atoms with Crippen molar-refractivity contribution in [2.45, 2.75) is 59.7 Å². The molecule has 0 heterocycles. The Labute approximate surface area is 211 Å². The summed E-state index contributed by atoms with van der Waals surface area (Å²) in [6.07, 6.45) is 1.07. The number of amides is 2. The quantitative estimate of drug-likeness (QED) is 0.533. The lowest BCUT2D eigenvalue weighted by Crippen LogP contribution is -2.54. The van der Waals surface area contributed by atoms with Gasteiger partial charge in [-0.05, 0) is 76.4 Å². The third-order valence-corrected chi connectivity index (χ3v) is 7.41. The van der Waals surface area contributed by atoms with Crippen LogP contribution in [-0.2, 0) is 26.2 Å². The van der Waals surface area contributed by atoms with Gasteiger partial charge in [-0.3, -0.25) is 13.9 Å². The van der Waals surface area contributed by atoms with Crippen molar-refractivity contribution < 1.29 is 18.0 Å². The number of hydrogen-bond donors (Lipinski definition) is 1. The van der Waals surface area contributed by atoms with Gasteiger partial charge in [0.15, 0.2) is 0 Å². The average molecular weight is 553 g/mol. The zero-order chi connectivity index (χ0) is 25.8. The summed E-state index contributed by atoms with van der Waals surface area (Å²) in [5, 5.41) is 2.91. The molecule has 0 radical (unpaired) electrons. The van der Waals surface area contributed by atoms with Crippen molar-refractivity contribution in [1.29, 1.82) is 0 Å². The summed E-state index contributed by atoms with van der Waals surface area (Å²) in [4.78, 5) is 28.0. The molecule has 186 valence electrons. The zero-order valence-corrected chi connectivity index (χ0v) is 23.2. The topological polar surface area (TPSA) is 86.8 Å². The van der Waals surface area contributed by atoms with Crippen molar-refractivity contribution in [3.8, 4) is 0 Å². The third kappa shape index (κ3) is 7.56. The first-order valence-corrected chi connectivity index (χ1v) is 13.6. The average Bonchev–Trinajstić information content (AvgIpc) is 2.70. The lowest BCUT2D eigenvalue weighted by Gasteiger charge is -2.33. The minimum Gasteiger partial charge on any atom is -0.350 e. The number of carbonyl (C=O) groups excluding carboxylic acids is 2. The molecule has 0 aliphatic rings. The van der Waals surface area contributed by atoms with E-state index in [2.05, 4.69) is 21.2 Å². The molecule has 1 N–H and O–H groups in total. The fraction of sp³-hybridized carbons (Fsp3) is 0.440. The zero-order valence-electron chi connectivity index (χ0n) is 20.8. The molecule has 2 amide bonds. The number of hydrogen-bond acceptors (Lipinski definition) is 4. The number of halogens is 1. The Kier molecular flexibility index (Phi) is 8.93. The van der Waals surface area contributed by atoms with Crippen LogP contribution in [0.4, 0.5) is 5.69 Å². The molecule has 2 rings (SSSR count). The van der Waals surface area contributed by atoms with Gasteiger partial charge in [0.05, 0.1) is 11.9 Å². The van der Waals surface area contributed by atoms with Crippen LogP contribution in [0.3, 0.4) is 0 Å². The largest absolute Gasteiger partial charge is 0.350 e. The maximum atomic E-state index is 13.6. The number of nitrogens with one attached hydrogen (secondary N) is 1. The second kappa shape index (κ2) is 10.9. The second-order valence-corrected chi connectivity index (χ2v) is 12.3. The Balaban J connectivity index is 2.44. The summed E-state index contributed by atoms with van der Waals surface area (Å²) >= 11 is 3.42. The summed E-state index contributed by atoms with van der Waals surface area (Å²) < 4.78 is 27.2. The number of carbonyl (C=O) groups is 2.